The monoisotopic (exact) mass is 220 g/mol. The molecule has 86 valence electrons. The Kier molecular flexibility index (Phi) is 2.95. The number of nitrogens with zero attached hydrogens (tertiary/aromatic N) is 1. The van der Waals surface area contributed by atoms with E-state index in [1.165, 1.54) is 18.9 Å². The number of benzene rings is 1. The van der Waals surface area contributed by atoms with Gasteiger partial charge in [-0.05, 0) is 31.4 Å². The smallest absolute Gasteiger partial charge is 0.128 e. The van der Waals surface area contributed by atoms with E-state index in [1.807, 2.05) is 19.9 Å². The molecule has 0 spiro atoms. The third-order valence-electron chi connectivity index (χ3n) is 2.74. The number of hydrogen-bond acceptors (Lipinski definition) is 1. The minimum absolute atomic E-state index is 0.175. The first kappa shape index (κ1) is 11.1. The van der Waals surface area contributed by atoms with Crippen LogP contribution >= 0.6 is 0 Å². The fraction of sp³-hybridized carbons (Fsp3) is 0.462. The van der Waals surface area contributed by atoms with Crippen molar-refractivity contribution in [2.24, 2.45) is 0 Å². The molecule has 0 aliphatic heterocycles. The Morgan fingerprint density at radius 2 is 2.00 bits per heavy atom. The Labute approximate surface area is 94.9 Å². The number of hydrogen-bond donors (Lipinski definition) is 1. The molecule has 1 N–H and O–H groups in total. The quantitative estimate of drug-likeness (QED) is 0.775. The molecule has 1 aromatic carbocycles. The van der Waals surface area contributed by atoms with Gasteiger partial charge in [0.05, 0.1) is 11.0 Å². The minimum Gasteiger partial charge on any atom is -0.342 e. The molecule has 0 bridgehead atoms. The van der Waals surface area contributed by atoms with Gasteiger partial charge in [0.25, 0.3) is 0 Å². The molecular formula is C13H17FN2. The molecule has 0 saturated heterocycles. The summed E-state index contributed by atoms with van der Waals surface area (Å²) in [5.74, 6) is 1.43. The number of nitrogens with one attached hydrogen (secondary N) is 1. The highest BCUT2D eigenvalue weighted by atomic mass is 19.1. The normalized spacial score (nSPS) is 14.8. The summed E-state index contributed by atoms with van der Waals surface area (Å²) in [6.07, 6.45) is 2.42. The molecule has 16 heavy (non-hydrogen) atoms. The highest BCUT2D eigenvalue weighted by Gasteiger charge is 2.26. The maximum atomic E-state index is 13.2. The largest absolute Gasteiger partial charge is 0.342 e. The van der Waals surface area contributed by atoms with Crippen molar-refractivity contribution in [2.45, 2.75) is 39.5 Å². The molecule has 2 aromatic rings. The molecule has 1 aromatic heterocycles. The van der Waals surface area contributed by atoms with Gasteiger partial charge in [-0.3, -0.25) is 0 Å². The van der Waals surface area contributed by atoms with Crippen LogP contribution in [-0.4, -0.2) is 9.97 Å². The molecule has 0 amide bonds. The molecule has 3 rings (SSSR count). The third kappa shape index (κ3) is 1.94. The van der Waals surface area contributed by atoms with Crippen LogP contribution in [0, 0.1) is 12.7 Å². The Balaban J connectivity index is 0.000000457. The van der Waals surface area contributed by atoms with Gasteiger partial charge in [0, 0.05) is 12.0 Å². The van der Waals surface area contributed by atoms with Gasteiger partial charge in [-0.2, -0.15) is 0 Å². The molecule has 0 atom stereocenters. The van der Waals surface area contributed by atoms with Crippen molar-refractivity contribution in [2.75, 3.05) is 0 Å². The third-order valence-corrected chi connectivity index (χ3v) is 2.74. The summed E-state index contributed by atoms with van der Waals surface area (Å²) >= 11 is 0. The van der Waals surface area contributed by atoms with Crippen LogP contribution < -0.4 is 0 Å². The van der Waals surface area contributed by atoms with Crippen LogP contribution in [0.25, 0.3) is 11.0 Å². The molecule has 2 nitrogen and oxygen atoms in total. The highest BCUT2D eigenvalue weighted by Crippen LogP contribution is 2.39. The lowest BCUT2D eigenvalue weighted by Crippen LogP contribution is -1.81. The zero-order valence-electron chi connectivity index (χ0n) is 9.97. The maximum absolute atomic E-state index is 13.2. The van der Waals surface area contributed by atoms with Crippen LogP contribution in [0.2, 0.25) is 0 Å². The van der Waals surface area contributed by atoms with Crippen LogP contribution in [0.3, 0.4) is 0 Å². The second kappa shape index (κ2) is 4.24. The molecule has 1 heterocycles. The van der Waals surface area contributed by atoms with E-state index in [-0.39, 0.29) is 5.82 Å². The number of H-pyrrole nitrogens is 1. The molecule has 1 fully saturated rings. The number of fused-ring (bicyclic) bond motifs is 1. The Bertz CT molecular complexity index is 459. The van der Waals surface area contributed by atoms with E-state index in [4.69, 9.17) is 0 Å². The summed E-state index contributed by atoms with van der Waals surface area (Å²) in [6, 6.07) is 3.33. The van der Waals surface area contributed by atoms with Gasteiger partial charge < -0.3 is 4.98 Å². The summed E-state index contributed by atoms with van der Waals surface area (Å²) in [4.78, 5) is 7.63. The summed E-state index contributed by atoms with van der Waals surface area (Å²) in [7, 11) is 0. The van der Waals surface area contributed by atoms with Crippen LogP contribution in [0.5, 0.6) is 0 Å². The molecule has 1 aliphatic carbocycles. The number of aromatic nitrogens is 2. The lowest BCUT2D eigenvalue weighted by atomic mass is 10.2. The Morgan fingerprint density at radius 3 is 2.62 bits per heavy atom. The standard InChI is InChI=1S/C11H11FN2.C2H6/c1-6-4-9-10(5-8(6)12)14-11(13-9)7-2-3-7;1-2/h4-5,7H,2-3H2,1H3,(H,13,14);1-2H3. The summed E-state index contributed by atoms with van der Waals surface area (Å²) in [6.45, 7) is 5.77. The first-order valence-corrected chi connectivity index (χ1v) is 5.90. The van der Waals surface area contributed by atoms with Gasteiger partial charge in [0.2, 0.25) is 0 Å². The first-order valence-electron chi connectivity index (χ1n) is 5.90. The van der Waals surface area contributed by atoms with E-state index in [9.17, 15) is 4.39 Å². The molecule has 3 heteroatoms. The average molecular weight is 220 g/mol. The minimum atomic E-state index is -0.175. The lowest BCUT2D eigenvalue weighted by Gasteiger charge is -1.93. The molecule has 0 radical (unpaired) electrons. The van der Waals surface area contributed by atoms with E-state index in [1.54, 1.807) is 6.92 Å². The van der Waals surface area contributed by atoms with Crippen molar-refractivity contribution >= 4 is 11.0 Å². The number of imidazole rings is 1. The van der Waals surface area contributed by atoms with Crippen LogP contribution in [0.4, 0.5) is 4.39 Å². The van der Waals surface area contributed by atoms with Crippen LogP contribution in [0.1, 0.15) is 44.0 Å². The van der Waals surface area contributed by atoms with E-state index >= 15 is 0 Å². The van der Waals surface area contributed by atoms with Crippen molar-refractivity contribution in [1.29, 1.82) is 0 Å². The lowest BCUT2D eigenvalue weighted by molar-refractivity contribution is 0.620. The van der Waals surface area contributed by atoms with E-state index in [2.05, 4.69) is 9.97 Å². The predicted molar refractivity (Wildman–Crippen MR) is 64.1 cm³/mol. The van der Waals surface area contributed by atoms with Gasteiger partial charge in [0.15, 0.2) is 0 Å². The first-order chi connectivity index (χ1) is 7.74. The fourth-order valence-electron chi connectivity index (χ4n) is 1.71. The second-order valence-electron chi connectivity index (χ2n) is 4.01. The van der Waals surface area contributed by atoms with Crippen molar-refractivity contribution in [3.63, 3.8) is 0 Å². The van der Waals surface area contributed by atoms with E-state index in [0.717, 1.165) is 16.9 Å². The van der Waals surface area contributed by atoms with Crippen molar-refractivity contribution in [1.82, 2.24) is 9.97 Å². The van der Waals surface area contributed by atoms with Gasteiger partial charge in [0.1, 0.15) is 11.6 Å². The Morgan fingerprint density at radius 1 is 1.31 bits per heavy atom. The number of aryl methyl sites for hydroxylation is 1. The summed E-state index contributed by atoms with van der Waals surface area (Å²) in [5, 5.41) is 0. The number of rotatable bonds is 1. The SMILES string of the molecule is CC.Cc1cc2[nH]c(C3CC3)nc2cc1F. The maximum Gasteiger partial charge on any atom is 0.128 e. The van der Waals surface area contributed by atoms with E-state index in [0.29, 0.717) is 11.5 Å². The Hall–Kier alpha value is -1.38. The van der Waals surface area contributed by atoms with Crippen molar-refractivity contribution in [3.8, 4) is 0 Å². The molecule has 0 unspecified atom stereocenters. The number of halogens is 1. The topological polar surface area (TPSA) is 28.7 Å². The average Bonchev–Trinajstić information content (AvgIpc) is 3.05. The summed E-state index contributed by atoms with van der Waals surface area (Å²) in [5.41, 5.74) is 2.37. The predicted octanol–water partition coefficient (Wildman–Crippen LogP) is 3.91. The van der Waals surface area contributed by atoms with Crippen molar-refractivity contribution in [3.05, 3.63) is 29.3 Å². The zero-order chi connectivity index (χ0) is 11.7. The molecule has 1 saturated carbocycles. The van der Waals surface area contributed by atoms with Crippen LogP contribution in [0.15, 0.2) is 12.1 Å². The highest BCUT2D eigenvalue weighted by molar-refractivity contribution is 5.76. The second-order valence-corrected chi connectivity index (χ2v) is 4.01. The van der Waals surface area contributed by atoms with Crippen LogP contribution in [-0.2, 0) is 0 Å². The van der Waals surface area contributed by atoms with Gasteiger partial charge in [-0.1, -0.05) is 13.8 Å². The molecular weight excluding hydrogens is 203 g/mol. The van der Waals surface area contributed by atoms with Gasteiger partial charge >= 0.3 is 0 Å². The van der Waals surface area contributed by atoms with Gasteiger partial charge in [-0.25, -0.2) is 9.37 Å². The van der Waals surface area contributed by atoms with Gasteiger partial charge in [-0.15, -0.1) is 0 Å². The van der Waals surface area contributed by atoms with E-state index < -0.39 is 0 Å². The molecule has 1 aliphatic rings. The zero-order valence-corrected chi connectivity index (χ0v) is 9.97. The number of aromatic amines is 1. The summed E-state index contributed by atoms with van der Waals surface area (Å²) < 4.78 is 13.2. The van der Waals surface area contributed by atoms with Crippen molar-refractivity contribution < 1.29 is 4.39 Å². The fourth-order valence-corrected chi connectivity index (χ4v) is 1.71.